The van der Waals surface area contributed by atoms with E-state index in [4.69, 9.17) is 0 Å². The van der Waals surface area contributed by atoms with E-state index in [0.717, 1.165) is 6.07 Å². The van der Waals surface area contributed by atoms with Crippen LogP contribution in [0.25, 0.3) is 0 Å². The second-order valence-corrected chi connectivity index (χ2v) is 7.39. The number of nitrogens with one attached hydrogen (secondary N) is 1. The fraction of sp³-hybridized carbons (Fsp3) is 0.538. The maximum Gasteiger partial charge on any atom is 0.246 e. The summed E-state index contributed by atoms with van der Waals surface area (Å²) in [6.07, 6.45) is 0.669. The van der Waals surface area contributed by atoms with Crippen LogP contribution in [0.1, 0.15) is 13.3 Å². The van der Waals surface area contributed by atoms with Gasteiger partial charge in [-0.25, -0.2) is 21.6 Å². The van der Waals surface area contributed by atoms with Crippen molar-refractivity contribution in [2.45, 2.75) is 30.3 Å². The zero-order chi connectivity index (χ0) is 15.4. The molecule has 2 fully saturated rings. The molecule has 3 atom stereocenters. The van der Waals surface area contributed by atoms with E-state index in [-0.39, 0.29) is 18.0 Å². The van der Waals surface area contributed by atoms with Crippen molar-refractivity contribution in [3.63, 3.8) is 0 Å². The van der Waals surface area contributed by atoms with Crippen LogP contribution < -0.4 is 5.32 Å². The van der Waals surface area contributed by atoms with Crippen LogP contribution in [0.2, 0.25) is 0 Å². The lowest BCUT2D eigenvalue weighted by atomic mass is 10.0. The van der Waals surface area contributed by atoms with Gasteiger partial charge in [0.2, 0.25) is 10.0 Å². The smallest absolute Gasteiger partial charge is 0.246 e. The number of sulfonamides is 1. The first-order chi connectivity index (χ1) is 9.84. The molecule has 0 bridgehead atoms. The summed E-state index contributed by atoms with van der Waals surface area (Å²) < 4.78 is 66.7. The van der Waals surface area contributed by atoms with Gasteiger partial charge >= 0.3 is 0 Å². The zero-order valence-electron chi connectivity index (χ0n) is 11.3. The molecule has 0 radical (unpaired) electrons. The van der Waals surface area contributed by atoms with Crippen LogP contribution in [-0.4, -0.2) is 37.9 Å². The number of halogens is 3. The number of rotatable bonds is 2. The molecule has 2 saturated heterocycles. The summed E-state index contributed by atoms with van der Waals surface area (Å²) in [5.74, 6) is -4.65. The molecule has 2 aliphatic rings. The molecule has 0 aliphatic carbocycles. The molecule has 4 nitrogen and oxygen atoms in total. The average molecular weight is 320 g/mol. The molecular formula is C13H15F3N2O2S. The highest BCUT2D eigenvalue weighted by Gasteiger charge is 2.48. The number of fused-ring (bicyclic) bond motifs is 1. The Morgan fingerprint density at radius 3 is 2.62 bits per heavy atom. The summed E-state index contributed by atoms with van der Waals surface area (Å²) in [5, 5.41) is 3.10. The van der Waals surface area contributed by atoms with E-state index in [2.05, 4.69) is 5.32 Å². The minimum Gasteiger partial charge on any atom is -0.315 e. The fourth-order valence-corrected chi connectivity index (χ4v) is 5.31. The number of hydrogen-bond donors (Lipinski definition) is 1. The highest BCUT2D eigenvalue weighted by atomic mass is 32.2. The Hall–Kier alpha value is -1.12. The maximum atomic E-state index is 13.8. The van der Waals surface area contributed by atoms with Gasteiger partial charge in [0.15, 0.2) is 17.5 Å². The quantitative estimate of drug-likeness (QED) is 0.840. The molecule has 1 aromatic carbocycles. The average Bonchev–Trinajstić information content (AvgIpc) is 2.94. The molecule has 0 spiro atoms. The first kappa shape index (κ1) is 14.8. The van der Waals surface area contributed by atoms with E-state index in [1.165, 1.54) is 4.31 Å². The zero-order valence-corrected chi connectivity index (χ0v) is 12.1. The largest absolute Gasteiger partial charge is 0.315 e. The molecule has 1 N–H and O–H groups in total. The Labute approximate surface area is 121 Å². The van der Waals surface area contributed by atoms with Crippen LogP contribution >= 0.6 is 0 Å². The number of hydrogen-bond acceptors (Lipinski definition) is 3. The van der Waals surface area contributed by atoms with Crippen molar-refractivity contribution >= 4 is 10.0 Å². The van der Waals surface area contributed by atoms with E-state index >= 15 is 0 Å². The van der Waals surface area contributed by atoms with Crippen molar-refractivity contribution in [2.75, 3.05) is 13.1 Å². The summed E-state index contributed by atoms with van der Waals surface area (Å²) in [6.45, 7) is 2.94. The topological polar surface area (TPSA) is 49.4 Å². The predicted octanol–water partition coefficient (Wildman–Crippen LogP) is 1.47. The van der Waals surface area contributed by atoms with Gasteiger partial charge in [0.05, 0.1) is 0 Å². The van der Waals surface area contributed by atoms with Gasteiger partial charge in [-0.15, -0.1) is 0 Å². The van der Waals surface area contributed by atoms with Crippen molar-refractivity contribution in [3.05, 3.63) is 29.6 Å². The first-order valence-corrected chi connectivity index (χ1v) is 8.15. The summed E-state index contributed by atoms with van der Waals surface area (Å²) >= 11 is 0. The molecule has 2 heterocycles. The molecule has 0 saturated carbocycles. The molecule has 2 aliphatic heterocycles. The van der Waals surface area contributed by atoms with Gasteiger partial charge in [0.1, 0.15) is 4.90 Å². The van der Waals surface area contributed by atoms with Crippen molar-refractivity contribution in [2.24, 2.45) is 5.92 Å². The molecule has 0 amide bonds. The summed E-state index contributed by atoms with van der Waals surface area (Å²) in [7, 11) is -4.20. The lowest BCUT2D eigenvalue weighted by Crippen LogP contribution is -2.43. The highest BCUT2D eigenvalue weighted by Crippen LogP contribution is 2.37. The summed E-state index contributed by atoms with van der Waals surface area (Å²) in [4.78, 5) is -0.805. The molecule has 116 valence electrons. The first-order valence-electron chi connectivity index (χ1n) is 6.71. The maximum absolute atomic E-state index is 13.8. The van der Waals surface area contributed by atoms with Crippen LogP contribution in [0.3, 0.4) is 0 Å². The van der Waals surface area contributed by atoms with Crippen LogP contribution in [0.15, 0.2) is 17.0 Å². The van der Waals surface area contributed by atoms with Gasteiger partial charge in [-0.1, -0.05) is 0 Å². The second-order valence-electron chi connectivity index (χ2n) is 5.58. The summed E-state index contributed by atoms with van der Waals surface area (Å²) in [6, 6.07) is 0.860. The molecule has 0 aromatic heterocycles. The van der Waals surface area contributed by atoms with E-state index in [1.807, 2.05) is 0 Å². The summed E-state index contributed by atoms with van der Waals surface area (Å²) in [5.41, 5.74) is 0. The van der Waals surface area contributed by atoms with Crippen LogP contribution in [0.4, 0.5) is 13.2 Å². The molecular weight excluding hydrogens is 305 g/mol. The predicted molar refractivity (Wildman–Crippen MR) is 69.6 cm³/mol. The van der Waals surface area contributed by atoms with E-state index in [1.54, 1.807) is 6.92 Å². The monoisotopic (exact) mass is 320 g/mol. The Morgan fingerprint density at radius 2 is 1.90 bits per heavy atom. The van der Waals surface area contributed by atoms with Crippen molar-refractivity contribution in [1.82, 2.24) is 9.62 Å². The van der Waals surface area contributed by atoms with Crippen molar-refractivity contribution < 1.29 is 21.6 Å². The third-order valence-electron chi connectivity index (χ3n) is 4.26. The van der Waals surface area contributed by atoms with Gasteiger partial charge < -0.3 is 5.32 Å². The van der Waals surface area contributed by atoms with Gasteiger partial charge in [0.25, 0.3) is 0 Å². The molecule has 3 rings (SSSR count). The third-order valence-corrected chi connectivity index (χ3v) is 6.32. The van der Waals surface area contributed by atoms with Crippen LogP contribution in [0.5, 0.6) is 0 Å². The fourth-order valence-electron chi connectivity index (χ4n) is 3.36. The van der Waals surface area contributed by atoms with Crippen LogP contribution in [-0.2, 0) is 10.0 Å². The Balaban J connectivity index is 2.07. The van der Waals surface area contributed by atoms with Gasteiger partial charge in [-0.05, 0) is 37.9 Å². The van der Waals surface area contributed by atoms with Gasteiger partial charge in [-0.2, -0.15) is 4.31 Å². The Kier molecular flexibility index (Phi) is 3.50. The Bertz CT molecular complexity index is 680. The SMILES string of the molecule is CC1CC2CNCC2N1S(=O)(=O)c1ccc(F)c(F)c1F. The molecule has 3 unspecified atom stereocenters. The second kappa shape index (κ2) is 4.96. The minimum absolute atomic E-state index is 0.170. The molecule has 8 heteroatoms. The van der Waals surface area contributed by atoms with Crippen molar-refractivity contribution in [1.29, 1.82) is 0 Å². The Morgan fingerprint density at radius 1 is 1.19 bits per heavy atom. The molecule has 21 heavy (non-hydrogen) atoms. The van der Waals surface area contributed by atoms with E-state index in [9.17, 15) is 21.6 Å². The normalized spacial score (nSPS) is 29.8. The lowest BCUT2D eigenvalue weighted by Gasteiger charge is -2.26. The van der Waals surface area contributed by atoms with Crippen LogP contribution in [0, 0.1) is 23.4 Å². The minimum atomic E-state index is -4.20. The highest BCUT2D eigenvalue weighted by molar-refractivity contribution is 7.89. The van der Waals surface area contributed by atoms with E-state index < -0.39 is 32.4 Å². The molecule has 1 aromatic rings. The number of benzene rings is 1. The van der Waals surface area contributed by atoms with Gasteiger partial charge in [0, 0.05) is 18.6 Å². The standard InChI is InChI=1S/C13H15F3N2O2S/c1-7-4-8-5-17-6-10(8)18(7)21(19,20)11-3-2-9(14)12(15)13(11)16/h2-3,7-8,10,17H,4-6H2,1H3. The van der Waals surface area contributed by atoms with Gasteiger partial charge in [-0.3, -0.25) is 0 Å². The lowest BCUT2D eigenvalue weighted by molar-refractivity contribution is 0.332. The number of nitrogens with zero attached hydrogens (tertiary/aromatic N) is 1. The van der Waals surface area contributed by atoms with Crippen molar-refractivity contribution in [3.8, 4) is 0 Å². The van der Waals surface area contributed by atoms with E-state index in [0.29, 0.717) is 25.6 Å². The third kappa shape index (κ3) is 2.16.